The van der Waals surface area contributed by atoms with Crippen LogP contribution in [0.25, 0.3) is 5.69 Å². The van der Waals surface area contributed by atoms with Crippen LogP contribution in [0.1, 0.15) is 27.7 Å². The molecule has 146 valence electrons. The number of aromatic amines is 1. The molecule has 0 unspecified atom stereocenters. The number of hydrogen-bond donors (Lipinski definition) is 2. The van der Waals surface area contributed by atoms with E-state index in [2.05, 4.69) is 5.10 Å². The molecule has 0 fully saturated rings. The molecule has 9 heteroatoms. The zero-order valence-electron chi connectivity index (χ0n) is 14.5. The van der Waals surface area contributed by atoms with E-state index in [1.807, 2.05) is 12.2 Å². The standard InChI is InChI=1S/C19H15F4N3O2/c1-11-2-8-14(9-3-11)26-16(27)10-15(25-26)18(28)24-17(19(21,22)23)12-4-6-13(20)7-5-12/h2-10,17,25H,1H3,(H,24,28)/t17-/m0/s1. The molecule has 0 aliphatic carbocycles. The number of nitrogens with one attached hydrogen (secondary N) is 2. The summed E-state index contributed by atoms with van der Waals surface area (Å²) in [6.07, 6.45) is -4.81. The van der Waals surface area contributed by atoms with Gasteiger partial charge in [0.2, 0.25) is 0 Å². The van der Waals surface area contributed by atoms with Gasteiger partial charge in [0, 0.05) is 6.07 Å². The quantitative estimate of drug-likeness (QED) is 0.665. The molecule has 1 aromatic heterocycles. The molecule has 0 aliphatic heterocycles. The van der Waals surface area contributed by atoms with E-state index >= 15 is 0 Å². The van der Waals surface area contributed by atoms with Crippen LogP contribution in [0.15, 0.2) is 59.4 Å². The third-order valence-corrected chi connectivity index (χ3v) is 4.06. The van der Waals surface area contributed by atoms with Crippen LogP contribution in [-0.2, 0) is 0 Å². The van der Waals surface area contributed by atoms with Gasteiger partial charge in [0.25, 0.3) is 11.5 Å². The molecular weight excluding hydrogens is 378 g/mol. The minimum atomic E-state index is -4.81. The molecule has 3 rings (SSSR count). The van der Waals surface area contributed by atoms with Crippen molar-refractivity contribution in [3.8, 4) is 5.69 Å². The van der Waals surface area contributed by atoms with Crippen LogP contribution in [0.2, 0.25) is 0 Å². The van der Waals surface area contributed by atoms with Gasteiger partial charge < -0.3 is 5.32 Å². The normalized spacial score (nSPS) is 12.6. The Morgan fingerprint density at radius 3 is 2.25 bits per heavy atom. The van der Waals surface area contributed by atoms with Gasteiger partial charge in [-0.15, -0.1) is 0 Å². The number of hydrogen-bond acceptors (Lipinski definition) is 2. The van der Waals surface area contributed by atoms with Gasteiger partial charge in [-0.2, -0.15) is 13.2 Å². The average Bonchev–Trinajstić information content (AvgIpc) is 3.02. The van der Waals surface area contributed by atoms with Crippen LogP contribution in [0, 0.1) is 12.7 Å². The first-order valence-electron chi connectivity index (χ1n) is 8.17. The minimum Gasteiger partial charge on any atom is -0.335 e. The fourth-order valence-electron chi connectivity index (χ4n) is 2.62. The molecule has 2 N–H and O–H groups in total. The van der Waals surface area contributed by atoms with E-state index in [0.717, 1.165) is 40.6 Å². The predicted octanol–water partition coefficient (Wildman–Crippen LogP) is 3.65. The van der Waals surface area contributed by atoms with Gasteiger partial charge in [-0.3, -0.25) is 14.7 Å². The fourth-order valence-corrected chi connectivity index (χ4v) is 2.62. The van der Waals surface area contributed by atoms with Crippen molar-refractivity contribution in [2.24, 2.45) is 0 Å². The summed E-state index contributed by atoms with van der Waals surface area (Å²) in [7, 11) is 0. The van der Waals surface area contributed by atoms with Gasteiger partial charge >= 0.3 is 6.18 Å². The van der Waals surface area contributed by atoms with Crippen LogP contribution in [0.5, 0.6) is 0 Å². The van der Waals surface area contributed by atoms with Gasteiger partial charge in [-0.1, -0.05) is 29.8 Å². The van der Waals surface area contributed by atoms with E-state index in [1.165, 1.54) is 0 Å². The Kier molecular flexibility index (Phi) is 5.08. The van der Waals surface area contributed by atoms with Gasteiger partial charge in [0.15, 0.2) is 6.04 Å². The van der Waals surface area contributed by atoms with Crippen LogP contribution in [-0.4, -0.2) is 21.9 Å². The molecular formula is C19H15F4N3O2. The number of carbonyl (C=O) groups is 1. The number of nitrogens with zero attached hydrogens (tertiary/aromatic N) is 1. The Hall–Kier alpha value is -3.36. The number of halogens is 4. The van der Waals surface area contributed by atoms with E-state index in [4.69, 9.17) is 0 Å². The molecule has 1 heterocycles. The Labute approximate surface area is 156 Å². The number of benzene rings is 2. The number of amides is 1. The number of H-pyrrole nitrogens is 1. The monoisotopic (exact) mass is 393 g/mol. The van der Waals surface area contributed by atoms with E-state index in [9.17, 15) is 27.2 Å². The highest BCUT2D eigenvalue weighted by molar-refractivity contribution is 5.92. The second-order valence-electron chi connectivity index (χ2n) is 6.18. The van der Waals surface area contributed by atoms with Gasteiger partial charge in [0.1, 0.15) is 11.5 Å². The summed E-state index contributed by atoms with van der Waals surface area (Å²) >= 11 is 0. The Morgan fingerprint density at radius 2 is 1.68 bits per heavy atom. The summed E-state index contributed by atoms with van der Waals surface area (Å²) < 4.78 is 54.2. The summed E-state index contributed by atoms with van der Waals surface area (Å²) in [5.74, 6) is -1.81. The average molecular weight is 393 g/mol. The predicted molar refractivity (Wildman–Crippen MR) is 93.8 cm³/mol. The summed E-state index contributed by atoms with van der Waals surface area (Å²) in [6.45, 7) is 1.85. The molecule has 0 saturated carbocycles. The third-order valence-electron chi connectivity index (χ3n) is 4.06. The van der Waals surface area contributed by atoms with Crippen molar-refractivity contribution in [1.82, 2.24) is 15.1 Å². The molecule has 0 aliphatic rings. The van der Waals surface area contributed by atoms with E-state index < -0.39 is 29.5 Å². The van der Waals surface area contributed by atoms with Crippen molar-refractivity contribution in [2.45, 2.75) is 19.1 Å². The number of alkyl halides is 3. The lowest BCUT2D eigenvalue weighted by molar-refractivity contribution is -0.155. The van der Waals surface area contributed by atoms with E-state index in [0.29, 0.717) is 5.69 Å². The molecule has 3 aromatic rings. The number of rotatable bonds is 4. The van der Waals surface area contributed by atoms with Gasteiger partial charge in [-0.05, 0) is 36.8 Å². The zero-order valence-corrected chi connectivity index (χ0v) is 14.5. The molecule has 1 amide bonds. The number of aromatic nitrogens is 2. The lowest BCUT2D eigenvalue weighted by Crippen LogP contribution is -2.38. The summed E-state index contributed by atoms with van der Waals surface area (Å²) in [5.41, 5.74) is 0.123. The first kappa shape index (κ1) is 19.4. The Bertz CT molecular complexity index is 1030. The van der Waals surface area contributed by atoms with Crippen LogP contribution < -0.4 is 10.9 Å². The molecule has 0 bridgehead atoms. The highest BCUT2D eigenvalue weighted by Crippen LogP contribution is 2.32. The van der Waals surface area contributed by atoms with Crippen molar-refractivity contribution in [2.75, 3.05) is 0 Å². The zero-order chi connectivity index (χ0) is 20.5. The van der Waals surface area contributed by atoms with Crippen molar-refractivity contribution in [1.29, 1.82) is 0 Å². The topological polar surface area (TPSA) is 66.9 Å². The van der Waals surface area contributed by atoms with Crippen molar-refractivity contribution >= 4 is 5.91 Å². The van der Waals surface area contributed by atoms with Crippen molar-refractivity contribution in [3.63, 3.8) is 0 Å². The fraction of sp³-hybridized carbons (Fsp3) is 0.158. The molecule has 2 aromatic carbocycles. The second kappa shape index (κ2) is 7.34. The maximum atomic E-state index is 13.4. The van der Waals surface area contributed by atoms with Crippen molar-refractivity contribution < 1.29 is 22.4 Å². The summed E-state index contributed by atoms with van der Waals surface area (Å²) in [6, 6.07) is 8.93. The van der Waals surface area contributed by atoms with E-state index in [-0.39, 0.29) is 11.3 Å². The number of aryl methyl sites for hydroxylation is 1. The summed E-state index contributed by atoms with van der Waals surface area (Å²) in [4.78, 5) is 24.4. The minimum absolute atomic E-state index is 0.331. The van der Waals surface area contributed by atoms with Gasteiger partial charge in [0.05, 0.1) is 5.69 Å². The Morgan fingerprint density at radius 1 is 1.07 bits per heavy atom. The van der Waals surface area contributed by atoms with Crippen LogP contribution in [0.4, 0.5) is 17.6 Å². The maximum Gasteiger partial charge on any atom is 0.412 e. The number of carbonyl (C=O) groups excluding carboxylic acids is 1. The molecule has 28 heavy (non-hydrogen) atoms. The summed E-state index contributed by atoms with van der Waals surface area (Å²) in [5, 5.41) is 4.34. The third kappa shape index (κ3) is 4.13. The van der Waals surface area contributed by atoms with Crippen LogP contribution >= 0.6 is 0 Å². The molecule has 0 saturated heterocycles. The largest absolute Gasteiger partial charge is 0.412 e. The highest BCUT2D eigenvalue weighted by Gasteiger charge is 2.42. The highest BCUT2D eigenvalue weighted by atomic mass is 19.4. The molecule has 0 radical (unpaired) electrons. The smallest absolute Gasteiger partial charge is 0.335 e. The van der Waals surface area contributed by atoms with E-state index in [1.54, 1.807) is 24.3 Å². The van der Waals surface area contributed by atoms with Crippen LogP contribution in [0.3, 0.4) is 0 Å². The molecule has 1 atom stereocenters. The van der Waals surface area contributed by atoms with Crippen molar-refractivity contribution in [3.05, 3.63) is 87.6 Å². The lowest BCUT2D eigenvalue weighted by atomic mass is 10.1. The second-order valence-corrected chi connectivity index (χ2v) is 6.18. The molecule has 5 nitrogen and oxygen atoms in total. The molecule has 0 spiro atoms. The maximum absolute atomic E-state index is 13.4. The first-order valence-corrected chi connectivity index (χ1v) is 8.17. The Balaban J connectivity index is 1.88. The lowest BCUT2D eigenvalue weighted by Gasteiger charge is -2.21. The SMILES string of the molecule is Cc1ccc(-n2[nH]c(C(=O)N[C@@H](c3ccc(F)cc3)C(F)(F)F)cc2=O)cc1. The van der Waals surface area contributed by atoms with Gasteiger partial charge in [-0.25, -0.2) is 9.07 Å². The first-order chi connectivity index (χ1) is 13.1.